The molecule has 1 aliphatic rings. The number of carbonyl (C=O) groups is 2. The Hall–Kier alpha value is -2.31. The van der Waals surface area contributed by atoms with Gasteiger partial charge in [0.1, 0.15) is 0 Å². The highest BCUT2D eigenvalue weighted by Crippen LogP contribution is 2.18. The number of benzene rings is 2. The summed E-state index contributed by atoms with van der Waals surface area (Å²) in [4.78, 5) is 28.2. The number of hydrogen-bond donors (Lipinski definition) is 2. The molecule has 5 nitrogen and oxygen atoms in total. The average molecular weight is 412 g/mol. The Bertz CT molecular complexity index is 838. The summed E-state index contributed by atoms with van der Waals surface area (Å²) in [5, 5.41) is 5.86. The average Bonchev–Trinajstić information content (AvgIpc) is 2.71. The van der Waals surface area contributed by atoms with Gasteiger partial charge in [0.2, 0.25) is 11.8 Å². The third kappa shape index (κ3) is 6.34. The van der Waals surface area contributed by atoms with E-state index in [4.69, 9.17) is 0 Å². The maximum Gasteiger partial charge on any atom is 0.237 e. The lowest BCUT2D eigenvalue weighted by Gasteiger charge is -2.35. The Morgan fingerprint density at radius 3 is 2.69 bits per heavy atom. The highest BCUT2D eigenvalue weighted by molar-refractivity contribution is 7.99. The van der Waals surface area contributed by atoms with Crippen molar-refractivity contribution < 1.29 is 9.59 Å². The molecular formula is C23H29N3O2S. The van der Waals surface area contributed by atoms with Crippen molar-refractivity contribution in [1.29, 1.82) is 0 Å². The van der Waals surface area contributed by atoms with Crippen molar-refractivity contribution in [3.8, 4) is 0 Å². The molecule has 2 amide bonds. The van der Waals surface area contributed by atoms with Crippen molar-refractivity contribution in [2.75, 3.05) is 25.4 Å². The molecule has 1 aliphatic heterocycles. The van der Waals surface area contributed by atoms with E-state index in [-0.39, 0.29) is 18.2 Å². The Kier molecular flexibility index (Phi) is 7.72. The fourth-order valence-electron chi connectivity index (χ4n) is 3.42. The summed E-state index contributed by atoms with van der Waals surface area (Å²) in [5.74, 6) is 0.666. The lowest BCUT2D eigenvalue weighted by Crippen LogP contribution is -2.56. The van der Waals surface area contributed by atoms with Gasteiger partial charge in [-0.25, -0.2) is 0 Å². The van der Waals surface area contributed by atoms with Crippen LogP contribution in [0.15, 0.2) is 53.4 Å². The van der Waals surface area contributed by atoms with Crippen LogP contribution in [0.5, 0.6) is 0 Å². The van der Waals surface area contributed by atoms with Gasteiger partial charge in [0.05, 0.1) is 12.5 Å². The highest BCUT2D eigenvalue weighted by atomic mass is 32.2. The molecule has 0 radical (unpaired) electrons. The minimum atomic E-state index is -0.423. The smallest absolute Gasteiger partial charge is 0.237 e. The molecule has 0 aromatic heterocycles. The zero-order valence-electron chi connectivity index (χ0n) is 17.1. The Labute approximate surface area is 177 Å². The zero-order chi connectivity index (χ0) is 20.6. The molecular weight excluding hydrogens is 382 g/mol. The number of thioether (sulfide) groups is 1. The molecule has 0 spiro atoms. The van der Waals surface area contributed by atoms with Crippen molar-refractivity contribution in [3.63, 3.8) is 0 Å². The van der Waals surface area contributed by atoms with E-state index in [1.165, 1.54) is 21.6 Å². The van der Waals surface area contributed by atoms with E-state index in [1.807, 2.05) is 12.1 Å². The number of nitrogens with one attached hydrogen (secondary N) is 2. The largest absolute Gasteiger partial charge is 0.355 e. The van der Waals surface area contributed by atoms with E-state index in [0.717, 1.165) is 12.3 Å². The predicted molar refractivity (Wildman–Crippen MR) is 118 cm³/mol. The number of piperazine rings is 1. The Morgan fingerprint density at radius 2 is 1.93 bits per heavy atom. The normalized spacial score (nSPS) is 17.0. The number of amides is 2. The van der Waals surface area contributed by atoms with Crippen LogP contribution in [0, 0.1) is 13.8 Å². The molecule has 0 saturated carbocycles. The number of carbonyl (C=O) groups excluding carboxylic acids is 2. The summed E-state index contributed by atoms with van der Waals surface area (Å²) in [6, 6.07) is 16.1. The first-order chi connectivity index (χ1) is 14.0. The molecule has 3 rings (SSSR count). The van der Waals surface area contributed by atoms with Crippen LogP contribution in [-0.4, -0.2) is 48.1 Å². The SMILES string of the molecule is Cc1ccc(SCCNC(=O)C[C@@H]2C(=O)NCCN2Cc2ccccc2C)cc1. The molecule has 0 aliphatic carbocycles. The van der Waals surface area contributed by atoms with Crippen LogP contribution < -0.4 is 10.6 Å². The van der Waals surface area contributed by atoms with Crippen molar-refractivity contribution in [2.45, 2.75) is 37.8 Å². The molecule has 0 bridgehead atoms. The van der Waals surface area contributed by atoms with Crippen molar-refractivity contribution in [2.24, 2.45) is 0 Å². The first kappa shape index (κ1) is 21.4. The standard InChI is InChI=1S/C23H29N3O2S/c1-17-7-9-20(10-8-17)29-14-12-24-22(27)15-21-23(28)25-11-13-26(21)16-19-6-4-3-5-18(19)2/h3-10,21H,11-16H2,1-2H3,(H,24,27)(H,25,28)/t21-/m1/s1. The van der Waals surface area contributed by atoms with E-state index in [9.17, 15) is 9.59 Å². The van der Waals surface area contributed by atoms with Crippen LogP contribution in [0.1, 0.15) is 23.1 Å². The quantitative estimate of drug-likeness (QED) is 0.518. The van der Waals surface area contributed by atoms with E-state index < -0.39 is 6.04 Å². The minimum Gasteiger partial charge on any atom is -0.355 e. The molecule has 1 fully saturated rings. The summed E-state index contributed by atoms with van der Waals surface area (Å²) in [7, 11) is 0. The molecule has 2 N–H and O–H groups in total. The van der Waals surface area contributed by atoms with Gasteiger partial charge in [0.25, 0.3) is 0 Å². The lowest BCUT2D eigenvalue weighted by atomic mass is 10.0. The van der Waals surface area contributed by atoms with Gasteiger partial charge in [0, 0.05) is 36.8 Å². The number of nitrogens with zero attached hydrogens (tertiary/aromatic N) is 1. The molecule has 0 unspecified atom stereocenters. The lowest BCUT2D eigenvalue weighted by molar-refractivity contribution is -0.134. The second-order valence-corrected chi connectivity index (χ2v) is 8.59. The summed E-state index contributed by atoms with van der Waals surface area (Å²) in [6.07, 6.45) is 0.187. The summed E-state index contributed by atoms with van der Waals surface area (Å²) < 4.78 is 0. The van der Waals surface area contributed by atoms with E-state index in [0.29, 0.717) is 19.6 Å². The molecule has 154 valence electrons. The number of hydrogen-bond acceptors (Lipinski definition) is 4. The molecule has 6 heteroatoms. The molecule has 1 saturated heterocycles. The number of rotatable bonds is 8. The third-order valence-electron chi connectivity index (χ3n) is 5.17. The van der Waals surface area contributed by atoms with Crippen LogP contribution >= 0.6 is 11.8 Å². The highest BCUT2D eigenvalue weighted by Gasteiger charge is 2.31. The molecule has 2 aromatic carbocycles. The fourth-order valence-corrected chi connectivity index (χ4v) is 4.19. The van der Waals surface area contributed by atoms with Crippen molar-refractivity contribution in [1.82, 2.24) is 15.5 Å². The topological polar surface area (TPSA) is 61.4 Å². The second-order valence-electron chi connectivity index (χ2n) is 7.42. The monoisotopic (exact) mass is 411 g/mol. The third-order valence-corrected chi connectivity index (χ3v) is 6.18. The maximum absolute atomic E-state index is 12.5. The van der Waals surface area contributed by atoms with Gasteiger partial charge in [-0.1, -0.05) is 42.0 Å². The van der Waals surface area contributed by atoms with E-state index in [2.05, 4.69) is 65.8 Å². The second kappa shape index (κ2) is 10.5. The van der Waals surface area contributed by atoms with E-state index in [1.54, 1.807) is 11.8 Å². The maximum atomic E-state index is 12.5. The van der Waals surface area contributed by atoms with Crippen molar-refractivity contribution in [3.05, 3.63) is 65.2 Å². The van der Waals surface area contributed by atoms with Crippen LogP contribution in [0.2, 0.25) is 0 Å². The first-order valence-corrected chi connectivity index (χ1v) is 11.0. The van der Waals surface area contributed by atoms with Crippen LogP contribution in [0.3, 0.4) is 0 Å². The fraction of sp³-hybridized carbons (Fsp3) is 0.391. The molecule has 1 heterocycles. The van der Waals surface area contributed by atoms with Gasteiger partial charge in [0.15, 0.2) is 0 Å². The van der Waals surface area contributed by atoms with Gasteiger partial charge >= 0.3 is 0 Å². The van der Waals surface area contributed by atoms with Gasteiger partial charge < -0.3 is 10.6 Å². The van der Waals surface area contributed by atoms with Crippen LogP contribution in [0.4, 0.5) is 0 Å². The van der Waals surface area contributed by atoms with Gasteiger partial charge in [-0.15, -0.1) is 11.8 Å². The summed E-state index contributed by atoms with van der Waals surface area (Å²) >= 11 is 1.72. The van der Waals surface area contributed by atoms with Crippen LogP contribution in [0.25, 0.3) is 0 Å². The Balaban J connectivity index is 1.49. The van der Waals surface area contributed by atoms with Gasteiger partial charge in [-0.05, 0) is 37.1 Å². The number of aryl methyl sites for hydroxylation is 2. The molecule has 1 atom stereocenters. The molecule has 2 aromatic rings. The van der Waals surface area contributed by atoms with Crippen molar-refractivity contribution >= 4 is 23.6 Å². The van der Waals surface area contributed by atoms with E-state index >= 15 is 0 Å². The van der Waals surface area contributed by atoms with Gasteiger partial charge in [-0.2, -0.15) is 0 Å². The predicted octanol–water partition coefficient (Wildman–Crippen LogP) is 2.90. The summed E-state index contributed by atoms with van der Waals surface area (Å²) in [6.45, 7) is 6.79. The Morgan fingerprint density at radius 1 is 1.17 bits per heavy atom. The minimum absolute atomic E-state index is 0.0611. The summed E-state index contributed by atoms with van der Waals surface area (Å²) in [5.41, 5.74) is 3.64. The zero-order valence-corrected chi connectivity index (χ0v) is 17.9. The van der Waals surface area contributed by atoms with Crippen LogP contribution in [-0.2, 0) is 16.1 Å². The first-order valence-electron chi connectivity index (χ1n) is 10.1. The van der Waals surface area contributed by atoms with Gasteiger partial charge in [-0.3, -0.25) is 14.5 Å². The molecule has 29 heavy (non-hydrogen) atoms.